The molecule has 58 valence electrons. The fourth-order valence-corrected chi connectivity index (χ4v) is 0.307. The maximum Gasteiger partial charge on any atom is 0.100 e. The van der Waals surface area contributed by atoms with Crippen LogP contribution in [0.15, 0.2) is 0 Å². The average Bonchev–Trinajstić information content (AvgIpc) is 1.83. The molecule has 0 saturated heterocycles. The van der Waals surface area contributed by atoms with Gasteiger partial charge in [0.15, 0.2) is 0 Å². The van der Waals surface area contributed by atoms with E-state index >= 15 is 0 Å². The normalized spacial score (nSPS) is 12.3. The molecule has 0 aliphatic heterocycles. The van der Waals surface area contributed by atoms with Crippen molar-refractivity contribution in [2.45, 2.75) is 13.0 Å². The molecule has 0 aliphatic carbocycles. The van der Waals surface area contributed by atoms with Crippen LogP contribution in [0.4, 0.5) is 0 Å². The minimum atomic E-state index is -0.713. The summed E-state index contributed by atoms with van der Waals surface area (Å²) in [6, 6.07) is 0. The zero-order valence-corrected chi connectivity index (χ0v) is 5.50. The van der Waals surface area contributed by atoms with Gasteiger partial charge in [0.05, 0.1) is 13.2 Å². The maximum atomic E-state index is 8.61. The summed E-state index contributed by atoms with van der Waals surface area (Å²) >= 11 is 0. The standard InChI is InChI=1S/C5H12O3.H2O/c1-2-8-4-5(7)3-6;/h5-7H,2-4H2,1H3;1H2. The molecule has 0 saturated carbocycles. The molecule has 9 heavy (non-hydrogen) atoms. The first-order valence-corrected chi connectivity index (χ1v) is 2.68. The van der Waals surface area contributed by atoms with Gasteiger partial charge in [0, 0.05) is 6.61 Å². The zero-order chi connectivity index (χ0) is 6.41. The summed E-state index contributed by atoms with van der Waals surface area (Å²) in [7, 11) is 0. The average molecular weight is 138 g/mol. The van der Waals surface area contributed by atoms with Crippen LogP contribution in [0.2, 0.25) is 0 Å². The molecule has 0 fully saturated rings. The fraction of sp³-hybridized carbons (Fsp3) is 1.00. The Morgan fingerprint density at radius 2 is 2.11 bits per heavy atom. The number of rotatable bonds is 4. The van der Waals surface area contributed by atoms with Gasteiger partial charge >= 0.3 is 0 Å². The quantitative estimate of drug-likeness (QED) is 0.498. The molecule has 0 amide bonds. The van der Waals surface area contributed by atoms with Crippen molar-refractivity contribution < 1.29 is 20.4 Å². The molecule has 0 bridgehead atoms. The second kappa shape index (κ2) is 7.84. The Kier molecular flexibility index (Phi) is 10.1. The van der Waals surface area contributed by atoms with Crippen LogP contribution >= 0.6 is 0 Å². The second-order valence-electron chi connectivity index (χ2n) is 1.50. The van der Waals surface area contributed by atoms with E-state index in [1.54, 1.807) is 0 Å². The second-order valence-corrected chi connectivity index (χ2v) is 1.50. The van der Waals surface area contributed by atoms with E-state index in [1.165, 1.54) is 0 Å². The van der Waals surface area contributed by atoms with Gasteiger partial charge in [-0.05, 0) is 6.92 Å². The van der Waals surface area contributed by atoms with E-state index in [9.17, 15) is 0 Å². The van der Waals surface area contributed by atoms with E-state index in [4.69, 9.17) is 14.9 Å². The lowest BCUT2D eigenvalue weighted by Gasteiger charge is -2.04. The first kappa shape index (κ1) is 11.6. The van der Waals surface area contributed by atoms with Gasteiger partial charge in [-0.1, -0.05) is 0 Å². The predicted molar refractivity (Wildman–Crippen MR) is 33.2 cm³/mol. The van der Waals surface area contributed by atoms with E-state index in [2.05, 4.69) is 0 Å². The highest BCUT2D eigenvalue weighted by atomic mass is 16.5. The van der Waals surface area contributed by atoms with Gasteiger partial charge in [-0.25, -0.2) is 0 Å². The Balaban J connectivity index is 0. The Morgan fingerprint density at radius 3 is 2.44 bits per heavy atom. The SMILES string of the molecule is CCOCC(O)CO.O. The topological polar surface area (TPSA) is 81.2 Å². The van der Waals surface area contributed by atoms with Crippen LogP contribution in [0.1, 0.15) is 6.92 Å². The van der Waals surface area contributed by atoms with Crippen LogP contribution in [0.25, 0.3) is 0 Å². The molecule has 0 aliphatic rings. The lowest BCUT2D eigenvalue weighted by atomic mass is 10.4. The third-order valence-corrected chi connectivity index (χ3v) is 0.725. The van der Waals surface area contributed by atoms with Gasteiger partial charge in [-0.15, -0.1) is 0 Å². The van der Waals surface area contributed by atoms with E-state index < -0.39 is 6.10 Å². The molecule has 0 aromatic carbocycles. The molecule has 4 nitrogen and oxygen atoms in total. The molecular formula is C5H14O4. The molecule has 0 spiro atoms. The van der Waals surface area contributed by atoms with Crippen molar-refractivity contribution in [2.75, 3.05) is 19.8 Å². The Morgan fingerprint density at radius 1 is 1.56 bits per heavy atom. The number of ether oxygens (including phenoxy) is 1. The van der Waals surface area contributed by atoms with Crippen molar-refractivity contribution in [1.82, 2.24) is 0 Å². The van der Waals surface area contributed by atoms with Crippen LogP contribution in [-0.4, -0.2) is 41.6 Å². The molecule has 4 N–H and O–H groups in total. The molecule has 0 aromatic rings. The number of aliphatic hydroxyl groups is 2. The van der Waals surface area contributed by atoms with Crippen molar-refractivity contribution in [1.29, 1.82) is 0 Å². The monoisotopic (exact) mass is 138 g/mol. The molecule has 4 heteroatoms. The highest BCUT2D eigenvalue weighted by Gasteiger charge is 1.98. The summed E-state index contributed by atoms with van der Waals surface area (Å²) in [5.74, 6) is 0. The van der Waals surface area contributed by atoms with Crippen LogP contribution in [0.5, 0.6) is 0 Å². The van der Waals surface area contributed by atoms with Gasteiger partial charge in [-0.3, -0.25) is 0 Å². The molecule has 0 heterocycles. The minimum Gasteiger partial charge on any atom is -0.412 e. The van der Waals surface area contributed by atoms with Gasteiger partial charge in [-0.2, -0.15) is 0 Å². The van der Waals surface area contributed by atoms with Gasteiger partial charge in [0.2, 0.25) is 0 Å². The summed E-state index contributed by atoms with van der Waals surface area (Å²) in [6.45, 7) is 2.42. The number of aliphatic hydroxyl groups excluding tert-OH is 2. The molecule has 0 rings (SSSR count). The van der Waals surface area contributed by atoms with Gasteiger partial charge in [0.25, 0.3) is 0 Å². The fourth-order valence-electron chi connectivity index (χ4n) is 0.307. The molecule has 1 unspecified atom stereocenters. The van der Waals surface area contributed by atoms with E-state index in [0.29, 0.717) is 6.61 Å². The predicted octanol–water partition coefficient (Wildman–Crippen LogP) is -1.45. The zero-order valence-electron chi connectivity index (χ0n) is 5.50. The van der Waals surface area contributed by atoms with Crippen molar-refractivity contribution >= 4 is 0 Å². The Labute approximate surface area is 54.4 Å². The number of hydrogen-bond donors (Lipinski definition) is 2. The Bertz CT molecular complexity index is 48.2. The first-order valence-electron chi connectivity index (χ1n) is 2.68. The van der Waals surface area contributed by atoms with E-state index in [1.807, 2.05) is 6.92 Å². The smallest absolute Gasteiger partial charge is 0.100 e. The molecular weight excluding hydrogens is 124 g/mol. The largest absolute Gasteiger partial charge is 0.412 e. The van der Waals surface area contributed by atoms with Crippen molar-refractivity contribution in [3.8, 4) is 0 Å². The maximum absolute atomic E-state index is 8.61. The summed E-state index contributed by atoms with van der Waals surface area (Å²) in [6.07, 6.45) is -0.713. The third-order valence-electron chi connectivity index (χ3n) is 0.725. The Hall–Kier alpha value is -0.160. The summed E-state index contributed by atoms with van der Waals surface area (Å²) in [4.78, 5) is 0. The highest BCUT2D eigenvalue weighted by molar-refractivity contribution is 4.47. The van der Waals surface area contributed by atoms with Crippen LogP contribution in [-0.2, 0) is 4.74 Å². The van der Waals surface area contributed by atoms with Crippen LogP contribution < -0.4 is 0 Å². The van der Waals surface area contributed by atoms with Crippen molar-refractivity contribution in [3.05, 3.63) is 0 Å². The van der Waals surface area contributed by atoms with Crippen LogP contribution in [0.3, 0.4) is 0 Å². The minimum absolute atomic E-state index is 0. The van der Waals surface area contributed by atoms with E-state index in [0.717, 1.165) is 0 Å². The summed E-state index contributed by atoms with van der Waals surface area (Å²) in [5, 5.41) is 16.8. The first-order chi connectivity index (χ1) is 3.81. The van der Waals surface area contributed by atoms with Gasteiger partial charge in [0.1, 0.15) is 6.10 Å². The van der Waals surface area contributed by atoms with Crippen molar-refractivity contribution in [3.63, 3.8) is 0 Å². The molecule has 1 atom stereocenters. The number of hydrogen-bond acceptors (Lipinski definition) is 3. The molecule has 0 radical (unpaired) electrons. The van der Waals surface area contributed by atoms with Gasteiger partial charge < -0.3 is 20.4 Å². The van der Waals surface area contributed by atoms with Crippen molar-refractivity contribution in [2.24, 2.45) is 0 Å². The lowest BCUT2D eigenvalue weighted by Crippen LogP contribution is -2.19. The third kappa shape index (κ3) is 7.84. The van der Waals surface area contributed by atoms with E-state index in [-0.39, 0.29) is 18.7 Å². The highest BCUT2D eigenvalue weighted by Crippen LogP contribution is 1.81. The lowest BCUT2D eigenvalue weighted by molar-refractivity contribution is 0.0104. The molecule has 0 aromatic heterocycles. The van der Waals surface area contributed by atoms with Crippen LogP contribution in [0, 0.1) is 0 Å². The summed E-state index contributed by atoms with van der Waals surface area (Å²) < 4.78 is 4.78. The summed E-state index contributed by atoms with van der Waals surface area (Å²) in [5.41, 5.74) is 0.